The third kappa shape index (κ3) is 3.57. The molecule has 9 aromatic carbocycles. The Bertz CT molecular complexity index is 3720. The molecule has 0 saturated heterocycles. The van der Waals surface area contributed by atoms with Gasteiger partial charge in [0.2, 0.25) is 0 Å². The number of hydrogen-bond acceptors (Lipinski definition) is 2. The van der Waals surface area contributed by atoms with Crippen molar-refractivity contribution in [3.05, 3.63) is 170 Å². The van der Waals surface area contributed by atoms with E-state index in [4.69, 9.17) is 9.97 Å². The fourth-order valence-electron chi connectivity index (χ4n) is 9.47. The van der Waals surface area contributed by atoms with E-state index in [9.17, 15) is 0 Å². The summed E-state index contributed by atoms with van der Waals surface area (Å²) in [6, 6.07) is 61.6. The molecular formula is C50H28N4. The standard InChI is InChI=1S/C50H28N4/c1-2-13-30(14-3-1)46-50(52-47-34-18-8-6-12-29(34)24-25-40(47)51-46)53-41-23-11-20-36-37-21-10-22-38-39-26-31-15-4-5-16-32(31)27-42(39)54(48(37)38)49-35-19-9-7-17-33(35)28-43(53)45(49)44(36)41/h1-28H. The van der Waals surface area contributed by atoms with Crippen molar-refractivity contribution < 1.29 is 0 Å². The average Bonchev–Trinajstić information content (AvgIpc) is 3.68. The van der Waals surface area contributed by atoms with Gasteiger partial charge in [-0.05, 0) is 57.3 Å². The van der Waals surface area contributed by atoms with Crippen LogP contribution in [0.2, 0.25) is 0 Å². The lowest BCUT2D eigenvalue weighted by Gasteiger charge is -2.15. The molecule has 0 N–H and O–H groups in total. The zero-order valence-corrected chi connectivity index (χ0v) is 29.0. The van der Waals surface area contributed by atoms with Crippen LogP contribution < -0.4 is 0 Å². The van der Waals surface area contributed by atoms with Gasteiger partial charge < -0.3 is 4.40 Å². The van der Waals surface area contributed by atoms with Crippen LogP contribution in [0.25, 0.3) is 120 Å². The third-order valence-corrected chi connectivity index (χ3v) is 11.7. The second-order valence-electron chi connectivity index (χ2n) is 14.5. The maximum absolute atomic E-state index is 5.66. The molecule has 0 amide bonds. The summed E-state index contributed by atoms with van der Waals surface area (Å²) >= 11 is 0. The first-order valence-electron chi connectivity index (χ1n) is 18.5. The maximum Gasteiger partial charge on any atom is 0.165 e. The maximum atomic E-state index is 5.66. The number of hydrogen-bond donors (Lipinski definition) is 0. The van der Waals surface area contributed by atoms with Gasteiger partial charge >= 0.3 is 0 Å². The van der Waals surface area contributed by atoms with E-state index in [2.05, 4.69) is 179 Å². The molecule has 0 aliphatic heterocycles. The highest BCUT2D eigenvalue weighted by Gasteiger charge is 2.26. The molecule has 0 aliphatic carbocycles. The zero-order valence-electron chi connectivity index (χ0n) is 29.0. The Morgan fingerprint density at radius 3 is 1.87 bits per heavy atom. The van der Waals surface area contributed by atoms with E-state index < -0.39 is 0 Å². The molecule has 0 radical (unpaired) electrons. The van der Waals surface area contributed by atoms with Crippen LogP contribution in [0.5, 0.6) is 0 Å². The molecule has 0 fully saturated rings. The highest BCUT2D eigenvalue weighted by atomic mass is 15.1. The Labute approximate surface area is 308 Å². The number of rotatable bonds is 2. The third-order valence-electron chi connectivity index (χ3n) is 11.7. The fourth-order valence-corrected chi connectivity index (χ4v) is 9.47. The van der Waals surface area contributed by atoms with Crippen LogP contribution in [0.15, 0.2) is 170 Å². The van der Waals surface area contributed by atoms with Crippen molar-refractivity contribution >= 4 is 103 Å². The zero-order chi connectivity index (χ0) is 35.1. The van der Waals surface area contributed by atoms with E-state index in [-0.39, 0.29) is 0 Å². The van der Waals surface area contributed by atoms with Gasteiger partial charge in [-0.1, -0.05) is 140 Å². The Morgan fingerprint density at radius 2 is 1.02 bits per heavy atom. The summed E-state index contributed by atoms with van der Waals surface area (Å²) in [5.41, 5.74) is 9.56. The van der Waals surface area contributed by atoms with Crippen LogP contribution in [0.4, 0.5) is 0 Å². The highest BCUT2D eigenvalue weighted by molar-refractivity contribution is 6.35. The molecule has 4 heteroatoms. The molecule has 4 aromatic heterocycles. The van der Waals surface area contributed by atoms with Gasteiger partial charge in [0, 0.05) is 43.3 Å². The van der Waals surface area contributed by atoms with Crippen molar-refractivity contribution in [3.63, 3.8) is 0 Å². The molecule has 0 spiro atoms. The average molecular weight is 685 g/mol. The minimum absolute atomic E-state index is 0.825. The first-order chi connectivity index (χ1) is 26.8. The molecule has 0 atom stereocenters. The van der Waals surface area contributed by atoms with Gasteiger partial charge in [0.1, 0.15) is 5.69 Å². The number of para-hydroxylation sites is 1. The van der Waals surface area contributed by atoms with Crippen molar-refractivity contribution in [1.82, 2.24) is 18.9 Å². The van der Waals surface area contributed by atoms with Crippen LogP contribution in [-0.4, -0.2) is 18.9 Å². The van der Waals surface area contributed by atoms with Gasteiger partial charge in [-0.25, -0.2) is 9.97 Å². The second kappa shape index (κ2) is 10.2. The first-order valence-corrected chi connectivity index (χ1v) is 18.5. The van der Waals surface area contributed by atoms with Crippen molar-refractivity contribution in [2.45, 2.75) is 0 Å². The monoisotopic (exact) mass is 684 g/mol. The Morgan fingerprint density at radius 1 is 0.370 bits per heavy atom. The molecule has 4 heterocycles. The summed E-state index contributed by atoms with van der Waals surface area (Å²) < 4.78 is 4.96. The topological polar surface area (TPSA) is 35.1 Å². The van der Waals surface area contributed by atoms with Gasteiger partial charge in [0.15, 0.2) is 5.82 Å². The van der Waals surface area contributed by atoms with Gasteiger partial charge in [-0.2, -0.15) is 0 Å². The van der Waals surface area contributed by atoms with Crippen molar-refractivity contribution in [2.24, 2.45) is 0 Å². The molecule has 0 bridgehead atoms. The quantitative estimate of drug-likeness (QED) is 0.170. The van der Waals surface area contributed by atoms with E-state index >= 15 is 0 Å². The molecular weight excluding hydrogens is 657 g/mol. The minimum Gasteiger partial charge on any atom is -0.307 e. The molecule has 4 nitrogen and oxygen atoms in total. The Kier molecular flexibility index (Phi) is 5.34. The van der Waals surface area contributed by atoms with Gasteiger partial charge in [-0.3, -0.25) is 4.57 Å². The molecule has 54 heavy (non-hydrogen) atoms. The lowest BCUT2D eigenvalue weighted by molar-refractivity contribution is 1.08. The number of nitrogens with zero attached hydrogens (tertiary/aromatic N) is 4. The molecule has 13 aromatic rings. The van der Waals surface area contributed by atoms with Crippen LogP contribution in [0.1, 0.15) is 0 Å². The summed E-state index contributed by atoms with van der Waals surface area (Å²) in [7, 11) is 0. The smallest absolute Gasteiger partial charge is 0.165 e. The summed E-state index contributed by atoms with van der Waals surface area (Å²) in [6.45, 7) is 0. The van der Waals surface area contributed by atoms with Crippen LogP contribution >= 0.6 is 0 Å². The molecule has 0 unspecified atom stereocenters. The van der Waals surface area contributed by atoms with Crippen molar-refractivity contribution in [1.29, 1.82) is 0 Å². The molecule has 248 valence electrons. The normalized spacial score (nSPS) is 12.4. The Hall–Kier alpha value is -7.30. The Balaban J connectivity index is 1.33. The predicted octanol–water partition coefficient (Wildman–Crippen LogP) is 13.0. The van der Waals surface area contributed by atoms with E-state index in [0.717, 1.165) is 49.9 Å². The largest absolute Gasteiger partial charge is 0.307 e. The number of aromatic nitrogens is 4. The minimum atomic E-state index is 0.825. The van der Waals surface area contributed by atoms with E-state index in [1.807, 2.05) is 0 Å². The van der Waals surface area contributed by atoms with E-state index in [1.165, 1.54) is 70.4 Å². The van der Waals surface area contributed by atoms with E-state index in [1.54, 1.807) is 0 Å². The van der Waals surface area contributed by atoms with Crippen molar-refractivity contribution in [2.75, 3.05) is 0 Å². The van der Waals surface area contributed by atoms with Crippen LogP contribution in [0.3, 0.4) is 0 Å². The number of benzene rings is 9. The van der Waals surface area contributed by atoms with Gasteiger partial charge in [0.25, 0.3) is 0 Å². The van der Waals surface area contributed by atoms with Gasteiger partial charge in [-0.15, -0.1) is 0 Å². The van der Waals surface area contributed by atoms with Gasteiger partial charge in [0.05, 0.1) is 38.6 Å². The van der Waals surface area contributed by atoms with Crippen LogP contribution in [-0.2, 0) is 0 Å². The summed E-state index contributed by atoms with van der Waals surface area (Å²) in [5, 5.41) is 14.6. The molecule has 0 saturated carbocycles. The first kappa shape index (κ1) is 28.3. The predicted molar refractivity (Wildman–Crippen MR) is 226 cm³/mol. The highest BCUT2D eigenvalue weighted by Crippen LogP contribution is 2.47. The SMILES string of the molecule is c1ccc(-c2nc3ccc4ccccc4c3nc2-n2c3cccc4c5cccc6c7cc8ccccc8cc7n(c56)c5c6ccccc6cc2c5c43)cc1. The van der Waals surface area contributed by atoms with Crippen LogP contribution in [0, 0.1) is 0 Å². The number of fused-ring (bicyclic) bond motifs is 11. The lowest BCUT2D eigenvalue weighted by Crippen LogP contribution is -2.04. The molecule has 0 aliphatic rings. The molecule has 13 rings (SSSR count). The summed E-state index contributed by atoms with van der Waals surface area (Å²) in [4.78, 5) is 11.1. The fraction of sp³-hybridized carbons (Fsp3) is 0. The summed E-state index contributed by atoms with van der Waals surface area (Å²) in [5.74, 6) is 0.825. The lowest BCUT2D eigenvalue weighted by atomic mass is 10.0. The van der Waals surface area contributed by atoms with Crippen molar-refractivity contribution in [3.8, 4) is 17.1 Å². The van der Waals surface area contributed by atoms with E-state index in [0.29, 0.717) is 0 Å². The second-order valence-corrected chi connectivity index (χ2v) is 14.5. The summed E-state index contributed by atoms with van der Waals surface area (Å²) in [6.07, 6.45) is 0.